The average molecular weight is 553 g/mol. The van der Waals surface area contributed by atoms with E-state index in [2.05, 4.69) is 15.3 Å². The smallest absolute Gasteiger partial charge is 0.347 e. The van der Waals surface area contributed by atoms with Gasteiger partial charge < -0.3 is 14.9 Å². The van der Waals surface area contributed by atoms with Crippen LogP contribution in [-0.4, -0.2) is 57.2 Å². The molecule has 5 rings (SSSR count). The van der Waals surface area contributed by atoms with Gasteiger partial charge in [0.25, 0.3) is 0 Å². The third-order valence-corrected chi connectivity index (χ3v) is 6.96. The van der Waals surface area contributed by atoms with Crippen molar-refractivity contribution in [2.24, 2.45) is 0 Å². The highest BCUT2D eigenvalue weighted by Crippen LogP contribution is 2.43. The van der Waals surface area contributed by atoms with Gasteiger partial charge in [0, 0.05) is 22.6 Å². The van der Waals surface area contributed by atoms with Gasteiger partial charge in [-0.15, -0.1) is 0 Å². The summed E-state index contributed by atoms with van der Waals surface area (Å²) in [5.74, 6) is -3.08. The zero-order valence-corrected chi connectivity index (χ0v) is 22.4. The number of aliphatic carboxylic acids is 2. The lowest BCUT2D eigenvalue weighted by Gasteiger charge is -2.39. The SMILES string of the molecule is Cc1cc(C)nc(O[C@H](C(=O)O)[C@@]2(c3cccc(-c4ccccc4)c3)NCC(=O)N(CC(=O)O)c3ccccc32)n1. The van der Waals surface area contributed by atoms with Crippen LogP contribution in [0.1, 0.15) is 22.5 Å². The van der Waals surface area contributed by atoms with Gasteiger partial charge in [-0.2, -0.15) is 0 Å². The molecule has 3 aromatic carbocycles. The number of carboxylic acids is 2. The molecule has 2 heterocycles. The van der Waals surface area contributed by atoms with Gasteiger partial charge in [-0.25, -0.2) is 14.8 Å². The van der Waals surface area contributed by atoms with Crippen molar-refractivity contribution in [3.63, 3.8) is 0 Å². The Morgan fingerprint density at radius 2 is 1.59 bits per heavy atom. The summed E-state index contributed by atoms with van der Waals surface area (Å²) in [7, 11) is 0. The fraction of sp³-hybridized carbons (Fsp3) is 0.194. The third-order valence-electron chi connectivity index (χ3n) is 6.96. The van der Waals surface area contributed by atoms with Gasteiger partial charge in [0.15, 0.2) is 0 Å². The third kappa shape index (κ3) is 5.37. The van der Waals surface area contributed by atoms with Crippen molar-refractivity contribution in [1.82, 2.24) is 15.3 Å². The first-order chi connectivity index (χ1) is 19.7. The number of hydrogen-bond donors (Lipinski definition) is 3. The summed E-state index contributed by atoms with van der Waals surface area (Å²) in [4.78, 5) is 48.0. The number of carbonyl (C=O) groups is 3. The standard InChI is InChI=1S/C31H28N4O6/c1-19-15-20(2)34-30(33-19)41-28(29(39)40)31(23-12-8-11-22(16-23)21-9-4-3-5-10-21)24-13-6-7-14-25(24)35(18-27(37)38)26(36)17-32-31/h3-16,28,32H,17-18H2,1-2H3,(H,37,38)(H,39,40)/t28-,31+/m1/s1. The number of amides is 1. The molecule has 4 aromatic rings. The Kier molecular flexibility index (Phi) is 7.50. The normalized spacial score (nSPS) is 17.3. The quantitative estimate of drug-likeness (QED) is 0.299. The van der Waals surface area contributed by atoms with Gasteiger partial charge in [0.1, 0.15) is 12.1 Å². The molecule has 0 saturated carbocycles. The highest BCUT2D eigenvalue weighted by Gasteiger charge is 2.52. The van der Waals surface area contributed by atoms with E-state index in [0.717, 1.165) is 16.0 Å². The molecule has 0 radical (unpaired) electrons. The zero-order chi connectivity index (χ0) is 29.1. The van der Waals surface area contributed by atoms with E-state index in [4.69, 9.17) is 4.74 Å². The Bertz CT molecular complexity index is 1610. The molecule has 41 heavy (non-hydrogen) atoms. The van der Waals surface area contributed by atoms with Gasteiger partial charge in [-0.3, -0.25) is 19.8 Å². The van der Waals surface area contributed by atoms with Gasteiger partial charge >= 0.3 is 17.9 Å². The molecule has 208 valence electrons. The lowest BCUT2D eigenvalue weighted by molar-refractivity contribution is -0.149. The van der Waals surface area contributed by atoms with Crippen molar-refractivity contribution in [3.8, 4) is 17.1 Å². The van der Waals surface area contributed by atoms with Crippen molar-refractivity contribution in [2.45, 2.75) is 25.5 Å². The Balaban J connectivity index is 1.80. The number of hydrogen-bond acceptors (Lipinski definition) is 7. The van der Waals surface area contributed by atoms with Crippen LogP contribution in [0, 0.1) is 13.8 Å². The molecule has 0 saturated heterocycles. The monoisotopic (exact) mass is 552 g/mol. The van der Waals surface area contributed by atoms with Crippen LogP contribution in [0.5, 0.6) is 6.01 Å². The molecule has 1 aliphatic rings. The molecule has 0 fully saturated rings. The van der Waals surface area contributed by atoms with Crippen LogP contribution in [0.15, 0.2) is 84.9 Å². The molecule has 1 aromatic heterocycles. The highest BCUT2D eigenvalue weighted by molar-refractivity contribution is 6.01. The van der Waals surface area contributed by atoms with Crippen LogP contribution >= 0.6 is 0 Å². The average Bonchev–Trinajstić information content (AvgIpc) is 3.07. The van der Waals surface area contributed by atoms with Crippen molar-refractivity contribution < 1.29 is 29.3 Å². The number of aryl methyl sites for hydroxylation is 2. The van der Waals surface area contributed by atoms with Gasteiger partial charge in [-0.05, 0) is 48.7 Å². The first kappa shape index (κ1) is 27.5. The van der Waals surface area contributed by atoms with Crippen LogP contribution in [0.3, 0.4) is 0 Å². The van der Waals surface area contributed by atoms with Crippen molar-refractivity contribution >= 4 is 23.5 Å². The van der Waals surface area contributed by atoms with Gasteiger partial charge in [0.2, 0.25) is 12.0 Å². The van der Waals surface area contributed by atoms with E-state index in [1.54, 1.807) is 56.3 Å². The number of nitrogens with one attached hydrogen (secondary N) is 1. The second-order valence-electron chi connectivity index (χ2n) is 9.77. The molecule has 1 aliphatic heterocycles. The van der Waals surface area contributed by atoms with E-state index >= 15 is 0 Å². The first-order valence-electron chi connectivity index (χ1n) is 12.9. The predicted molar refractivity (Wildman–Crippen MR) is 151 cm³/mol. The number of carbonyl (C=O) groups excluding carboxylic acids is 1. The minimum absolute atomic E-state index is 0.134. The number of ether oxygens (including phenoxy) is 1. The van der Waals surface area contributed by atoms with Crippen LogP contribution < -0.4 is 15.0 Å². The number of nitrogens with zero attached hydrogens (tertiary/aromatic N) is 3. The number of aromatic nitrogens is 2. The lowest BCUT2D eigenvalue weighted by Crippen LogP contribution is -2.58. The van der Waals surface area contributed by atoms with Crippen LogP contribution in [0.25, 0.3) is 11.1 Å². The second kappa shape index (κ2) is 11.2. The molecule has 0 aliphatic carbocycles. The zero-order valence-electron chi connectivity index (χ0n) is 22.4. The van der Waals surface area contributed by atoms with Crippen LogP contribution in [0.2, 0.25) is 0 Å². The molecule has 0 unspecified atom stereocenters. The minimum atomic E-state index is -1.67. The molecule has 1 amide bonds. The first-order valence-corrected chi connectivity index (χ1v) is 12.9. The summed E-state index contributed by atoms with van der Waals surface area (Å²) in [5, 5.41) is 23.5. The topological polar surface area (TPSA) is 142 Å². The molecular formula is C31H28N4O6. The maximum Gasteiger partial charge on any atom is 0.347 e. The van der Waals surface area contributed by atoms with Crippen molar-refractivity contribution in [1.29, 1.82) is 0 Å². The van der Waals surface area contributed by atoms with E-state index in [0.29, 0.717) is 22.5 Å². The van der Waals surface area contributed by atoms with E-state index in [1.165, 1.54) is 0 Å². The molecule has 3 N–H and O–H groups in total. The maximum atomic E-state index is 13.3. The molecule has 0 bridgehead atoms. The number of anilines is 1. The largest absolute Gasteiger partial charge is 0.480 e. The molecule has 0 spiro atoms. The molecule has 10 nitrogen and oxygen atoms in total. The van der Waals surface area contributed by atoms with Gasteiger partial charge in [0.05, 0.1) is 6.54 Å². The number of rotatable bonds is 8. The predicted octanol–water partition coefficient (Wildman–Crippen LogP) is 3.56. The lowest BCUT2D eigenvalue weighted by atomic mass is 9.76. The van der Waals surface area contributed by atoms with Crippen LogP contribution in [0.4, 0.5) is 5.69 Å². The number of fused-ring (bicyclic) bond motifs is 1. The van der Waals surface area contributed by atoms with Crippen molar-refractivity contribution in [3.05, 3.63) is 107 Å². The second-order valence-corrected chi connectivity index (χ2v) is 9.77. The summed E-state index contributed by atoms with van der Waals surface area (Å²) >= 11 is 0. The van der Waals surface area contributed by atoms with Crippen molar-refractivity contribution in [2.75, 3.05) is 18.0 Å². The van der Waals surface area contributed by atoms with E-state index < -0.39 is 36.0 Å². The number of carboxylic acid groups (broad SMARTS) is 2. The van der Waals surface area contributed by atoms with E-state index in [-0.39, 0.29) is 18.2 Å². The molecule has 2 atom stereocenters. The molecular weight excluding hydrogens is 524 g/mol. The fourth-order valence-electron chi connectivity index (χ4n) is 5.28. The Morgan fingerprint density at radius 3 is 2.27 bits per heavy atom. The summed E-state index contributed by atoms with van der Waals surface area (Å²) in [6.07, 6.45) is -1.67. The maximum absolute atomic E-state index is 13.3. The summed E-state index contributed by atoms with van der Waals surface area (Å²) in [6.45, 7) is 2.53. The van der Waals surface area contributed by atoms with Crippen LogP contribution in [-0.2, 0) is 19.9 Å². The minimum Gasteiger partial charge on any atom is -0.480 e. The number of para-hydroxylation sites is 1. The Morgan fingerprint density at radius 1 is 0.927 bits per heavy atom. The van der Waals surface area contributed by atoms with E-state index in [9.17, 15) is 24.6 Å². The Hall–Kier alpha value is -5.09. The summed E-state index contributed by atoms with van der Waals surface area (Å²) in [6, 6.07) is 25.1. The summed E-state index contributed by atoms with van der Waals surface area (Å²) < 4.78 is 6.11. The van der Waals surface area contributed by atoms with E-state index in [1.807, 2.05) is 42.5 Å². The fourth-order valence-corrected chi connectivity index (χ4v) is 5.28. The summed E-state index contributed by atoms with van der Waals surface area (Å²) in [5.41, 5.74) is 2.33. The molecule has 10 heteroatoms. The highest BCUT2D eigenvalue weighted by atomic mass is 16.5. The number of benzene rings is 3. The Labute approximate surface area is 236 Å². The van der Waals surface area contributed by atoms with Gasteiger partial charge in [-0.1, -0.05) is 66.7 Å².